The van der Waals surface area contributed by atoms with E-state index in [1.54, 1.807) is 18.3 Å². The Hall–Kier alpha value is -0.900. The van der Waals surface area contributed by atoms with Crippen LogP contribution in [0.1, 0.15) is 31.1 Å². The Bertz CT molecular complexity index is 352. The standard InChI is InChI=1S/C11H15BrN2O/c1-4-14(8(2)3)11(15)9-6-5-7-13-10(9)12/h5-8H,4H2,1-3H3. The molecule has 4 heteroatoms. The molecule has 0 aromatic carbocycles. The normalized spacial score (nSPS) is 10.5. The lowest BCUT2D eigenvalue weighted by atomic mass is 10.2. The molecule has 0 bridgehead atoms. The fraction of sp³-hybridized carbons (Fsp3) is 0.455. The molecule has 0 aliphatic rings. The van der Waals surface area contributed by atoms with Crippen molar-refractivity contribution in [2.75, 3.05) is 6.54 Å². The Labute approximate surface area is 98.6 Å². The lowest BCUT2D eigenvalue weighted by molar-refractivity contribution is 0.0715. The average Bonchev–Trinajstić information content (AvgIpc) is 2.18. The van der Waals surface area contributed by atoms with Gasteiger partial charge in [-0.2, -0.15) is 0 Å². The number of carbonyl (C=O) groups is 1. The van der Waals surface area contributed by atoms with E-state index in [1.165, 1.54) is 0 Å². The van der Waals surface area contributed by atoms with Gasteiger partial charge in [0.1, 0.15) is 4.60 Å². The molecule has 1 amide bonds. The van der Waals surface area contributed by atoms with Gasteiger partial charge in [-0.25, -0.2) is 4.98 Å². The highest BCUT2D eigenvalue weighted by Gasteiger charge is 2.19. The summed E-state index contributed by atoms with van der Waals surface area (Å²) in [6.45, 7) is 6.69. The Morgan fingerprint density at radius 3 is 2.73 bits per heavy atom. The first-order valence-electron chi connectivity index (χ1n) is 4.99. The van der Waals surface area contributed by atoms with Gasteiger partial charge in [-0.1, -0.05) is 0 Å². The molecule has 82 valence electrons. The van der Waals surface area contributed by atoms with Gasteiger partial charge in [0.05, 0.1) is 5.56 Å². The number of pyridine rings is 1. The Kier molecular flexibility index (Phi) is 4.27. The number of aromatic nitrogens is 1. The van der Waals surface area contributed by atoms with Gasteiger partial charge in [-0.05, 0) is 48.8 Å². The summed E-state index contributed by atoms with van der Waals surface area (Å²) in [6, 6.07) is 3.76. The minimum atomic E-state index is 0.0208. The minimum Gasteiger partial charge on any atom is -0.336 e. The molecule has 1 aromatic heterocycles. The van der Waals surface area contributed by atoms with Crippen LogP contribution in [0.25, 0.3) is 0 Å². The van der Waals surface area contributed by atoms with Gasteiger partial charge in [0.15, 0.2) is 0 Å². The molecule has 1 heterocycles. The molecular weight excluding hydrogens is 256 g/mol. The van der Waals surface area contributed by atoms with E-state index in [0.29, 0.717) is 16.7 Å². The molecule has 15 heavy (non-hydrogen) atoms. The SMILES string of the molecule is CCN(C(=O)c1cccnc1Br)C(C)C. The second-order valence-electron chi connectivity index (χ2n) is 3.53. The van der Waals surface area contributed by atoms with E-state index < -0.39 is 0 Å². The zero-order valence-electron chi connectivity index (χ0n) is 9.20. The van der Waals surface area contributed by atoms with Gasteiger partial charge >= 0.3 is 0 Å². The summed E-state index contributed by atoms with van der Waals surface area (Å²) in [4.78, 5) is 17.9. The maximum Gasteiger partial charge on any atom is 0.256 e. The smallest absolute Gasteiger partial charge is 0.256 e. The molecular formula is C11H15BrN2O. The van der Waals surface area contributed by atoms with E-state index in [-0.39, 0.29) is 11.9 Å². The molecule has 0 unspecified atom stereocenters. The van der Waals surface area contributed by atoms with E-state index in [4.69, 9.17) is 0 Å². The third-order valence-corrected chi connectivity index (χ3v) is 2.85. The number of hydrogen-bond acceptors (Lipinski definition) is 2. The Morgan fingerprint density at radius 2 is 2.27 bits per heavy atom. The average molecular weight is 271 g/mol. The zero-order valence-corrected chi connectivity index (χ0v) is 10.8. The maximum absolute atomic E-state index is 12.1. The number of rotatable bonds is 3. The molecule has 0 fully saturated rings. The van der Waals surface area contributed by atoms with Crippen molar-refractivity contribution in [3.8, 4) is 0 Å². The third-order valence-electron chi connectivity index (χ3n) is 2.21. The van der Waals surface area contributed by atoms with E-state index in [9.17, 15) is 4.79 Å². The van der Waals surface area contributed by atoms with E-state index in [0.717, 1.165) is 0 Å². The summed E-state index contributed by atoms with van der Waals surface area (Å²) < 4.78 is 0.606. The molecule has 1 rings (SSSR count). The summed E-state index contributed by atoms with van der Waals surface area (Å²) >= 11 is 3.28. The molecule has 0 N–H and O–H groups in total. The lowest BCUT2D eigenvalue weighted by Gasteiger charge is -2.25. The second kappa shape index (κ2) is 5.26. The third kappa shape index (κ3) is 2.78. The van der Waals surface area contributed by atoms with Gasteiger partial charge in [0.2, 0.25) is 0 Å². The summed E-state index contributed by atoms with van der Waals surface area (Å²) in [5, 5.41) is 0. The van der Waals surface area contributed by atoms with Crippen LogP contribution < -0.4 is 0 Å². The Morgan fingerprint density at radius 1 is 1.60 bits per heavy atom. The molecule has 0 atom stereocenters. The number of halogens is 1. The van der Waals surface area contributed by atoms with Gasteiger partial charge < -0.3 is 4.90 Å². The van der Waals surface area contributed by atoms with Crippen LogP contribution in [0, 0.1) is 0 Å². The molecule has 0 saturated heterocycles. The van der Waals surface area contributed by atoms with Crippen molar-refractivity contribution in [3.05, 3.63) is 28.5 Å². The maximum atomic E-state index is 12.1. The first kappa shape index (κ1) is 12.2. The largest absolute Gasteiger partial charge is 0.336 e. The number of carbonyl (C=O) groups excluding carboxylic acids is 1. The minimum absolute atomic E-state index is 0.0208. The van der Waals surface area contributed by atoms with Gasteiger partial charge in [0.25, 0.3) is 5.91 Å². The van der Waals surface area contributed by atoms with Crippen molar-refractivity contribution in [1.82, 2.24) is 9.88 Å². The van der Waals surface area contributed by atoms with Crippen molar-refractivity contribution >= 4 is 21.8 Å². The molecule has 1 aromatic rings. The van der Waals surface area contributed by atoms with Crippen molar-refractivity contribution in [1.29, 1.82) is 0 Å². The second-order valence-corrected chi connectivity index (χ2v) is 4.28. The van der Waals surface area contributed by atoms with Crippen molar-refractivity contribution < 1.29 is 4.79 Å². The van der Waals surface area contributed by atoms with E-state index in [2.05, 4.69) is 20.9 Å². The van der Waals surface area contributed by atoms with E-state index in [1.807, 2.05) is 25.7 Å². The Balaban J connectivity index is 2.98. The quantitative estimate of drug-likeness (QED) is 0.792. The van der Waals surface area contributed by atoms with Crippen molar-refractivity contribution in [2.45, 2.75) is 26.8 Å². The van der Waals surface area contributed by atoms with Crippen molar-refractivity contribution in [3.63, 3.8) is 0 Å². The number of amides is 1. The first-order valence-corrected chi connectivity index (χ1v) is 5.78. The highest BCUT2D eigenvalue weighted by molar-refractivity contribution is 9.10. The summed E-state index contributed by atoms with van der Waals surface area (Å²) in [5.41, 5.74) is 0.619. The van der Waals surface area contributed by atoms with E-state index >= 15 is 0 Å². The predicted octanol–water partition coefficient (Wildman–Crippen LogP) is 2.71. The van der Waals surface area contributed by atoms with Gasteiger partial charge in [-0.3, -0.25) is 4.79 Å². The highest BCUT2D eigenvalue weighted by Crippen LogP contribution is 2.16. The number of hydrogen-bond donors (Lipinski definition) is 0. The fourth-order valence-corrected chi connectivity index (χ4v) is 1.86. The topological polar surface area (TPSA) is 33.2 Å². The molecule has 3 nitrogen and oxygen atoms in total. The molecule has 0 aliphatic carbocycles. The highest BCUT2D eigenvalue weighted by atomic mass is 79.9. The van der Waals surface area contributed by atoms with Crippen LogP contribution in [0.15, 0.2) is 22.9 Å². The summed E-state index contributed by atoms with van der Waals surface area (Å²) in [6.07, 6.45) is 1.66. The van der Waals surface area contributed by atoms with Gasteiger partial charge in [0, 0.05) is 18.8 Å². The van der Waals surface area contributed by atoms with Crippen LogP contribution in [0.5, 0.6) is 0 Å². The monoisotopic (exact) mass is 270 g/mol. The predicted molar refractivity (Wildman–Crippen MR) is 63.8 cm³/mol. The molecule has 0 saturated carbocycles. The van der Waals surface area contributed by atoms with Crippen LogP contribution in [-0.2, 0) is 0 Å². The molecule has 0 radical (unpaired) electrons. The van der Waals surface area contributed by atoms with Crippen molar-refractivity contribution in [2.24, 2.45) is 0 Å². The summed E-state index contributed by atoms with van der Waals surface area (Å²) in [5.74, 6) is 0.0208. The lowest BCUT2D eigenvalue weighted by Crippen LogP contribution is -2.36. The van der Waals surface area contributed by atoms with Crippen LogP contribution in [0.2, 0.25) is 0 Å². The van der Waals surface area contributed by atoms with Crippen LogP contribution >= 0.6 is 15.9 Å². The summed E-state index contributed by atoms with van der Waals surface area (Å²) in [7, 11) is 0. The van der Waals surface area contributed by atoms with Gasteiger partial charge in [-0.15, -0.1) is 0 Å². The van der Waals surface area contributed by atoms with Crippen LogP contribution in [0.3, 0.4) is 0 Å². The molecule has 0 spiro atoms. The number of nitrogens with zero attached hydrogens (tertiary/aromatic N) is 2. The van der Waals surface area contributed by atoms with Crippen LogP contribution in [-0.4, -0.2) is 28.4 Å². The first-order chi connectivity index (χ1) is 7.07. The fourth-order valence-electron chi connectivity index (χ4n) is 1.44. The molecule has 0 aliphatic heterocycles. The zero-order chi connectivity index (χ0) is 11.4. The van der Waals surface area contributed by atoms with Crippen LogP contribution in [0.4, 0.5) is 0 Å².